The lowest BCUT2D eigenvalue weighted by atomic mass is 10.2. The second-order valence-corrected chi connectivity index (χ2v) is 5.66. The van der Waals surface area contributed by atoms with Crippen LogP contribution in [0.3, 0.4) is 0 Å². The fourth-order valence-electron chi connectivity index (χ4n) is 1.64. The molecule has 0 fully saturated rings. The van der Waals surface area contributed by atoms with Gasteiger partial charge in [0, 0.05) is 4.47 Å². The molecule has 0 aromatic heterocycles. The van der Waals surface area contributed by atoms with E-state index in [9.17, 15) is 18.0 Å². The van der Waals surface area contributed by atoms with Crippen molar-refractivity contribution in [2.75, 3.05) is 5.32 Å². The van der Waals surface area contributed by atoms with Crippen molar-refractivity contribution in [1.29, 1.82) is 0 Å². The molecule has 126 valence electrons. The summed E-state index contributed by atoms with van der Waals surface area (Å²) in [5.41, 5.74) is 0.267. The van der Waals surface area contributed by atoms with Crippen LogP contribution >= 0.6 is 15.9 Å². The van der Waals surface area contributed by atoms with E-state index in [0.717, 1.165) is 16.1 Å². The van der Waals surface area contributed by atoms with E-state index in [0.29, 0.717) is 6.07 Å². The van der Waals surface area contributed by atoms with Crippen molar-refractivity contribution in [2.24, 2.45) is 5.16 Å². The first kappa shape index (κ1) is 18.0. The van der Waals surface area contributed by atoms with Crippen molar-refractivity contribution in [1.82, 2.24) is 0 Å². The third kappa shape index (κ3) is 4.58. The van der Waals surface area contributed by atoms with Gasteiger partial charge in [-0.05, 0) is 36.8 Å². The van der Waals surface area contributed by atoms with Gasteiger partial charge in [0.25, 0.3) is 5.91 Å². The fourth-order valence-corrected chi connectivity index (χ4v) is 1.90. The normalized spacial score (nSPS) is 12.2. The Hall–Kier alpha value is -2.35. The monoisotopic (exact) mass is 400 g/mol. The van der Waals surface area contributed by atoms with E-state index >= 15 is 0 Å². The number of nitrogens with zero attached hydrogens (tertiary/aromatic N) is 1. The molecule has 4 nitrogen and oxygen atoms in total. The highest BCUT2D eigenvalue weighted by atomic mass is 79.9. The third-order valence-electron chi connectivity index (χ3n) is 2.95. The molecule has 1 atom stereocenters. The maximum absolute atomic E-state index is 13.5. The van der Waals surface area contributed by atoms with E-state index in [-0.39, 0.29) is 0 Å². The quantitative estimate of drug-likeness (QED) is 0.463. The van der Waals surface area contributed by atoms with Crippen LogP contribution in [0, 0.1) is 17.5 Å². The number of hydrogen-bond donors (Lipinski definition) is 1. The molecule has 0 saturated carbocycles. The van der Waals surface area contributed by atoms with E-state index in [4.69, 9.17) is 4.84 Å². The van der Waals surface area contributed by atoms with Crippen LogP contribution in [0.1, 0.15) is 12.5 Å². The number of carbonyl (C=O) groups is 1. The van der Waals surface area contributed by atoms with Crippen LogP contribution in [0.5, 0.6) is 0 Å². The van der Waals surface area contributed by atoms with Gasteiger partial charge in [-0.2, -0.15) is 0 Å². The van der Waals surface area contributed by atoms with Gasteiger partial charge in [-0.1, -0.05) is 33.2 Å². The lowest BCUT2D eigenvalue weighted by Gasteiger charge is -2.11. The van der Waals surface area contributed by atoms with Crippen molar-refractivity contribution in [3.63, 3.8) is 0 Å². The number of rotatable bonds is 5. The molecule has 2 aromatic rings. The third-order valence-corrected chi connectivity index (χ3v) is 3.48. The number of hydrogen-bond acceptors (Lipinski definition) is 3. The Balaban J connectivity index is 1.95. The van der Waals surface area contributed by atoms with Gasteiger partial charge in [0.15, 0.2) is 17.5 Å². The van der Waals surface area contributed by atoms with Gasteiger partial charge in [-0.25, -0.2) is 13.2 Å². The molecule has 8 heteroatoms. The van der Waals surface area contributed by atoms with Crippen molar-refractivity contribution < 1.29 is 22.8 Å². The molecule has 2 aromatic carbocycles. The van der Waals surface area contributed by atoms with E-state index in [2.05, 4.69) is 26.4 Å². The van der Waals surface area contributed by atoms with Gasteiger partial charge >= 0.3 is 0 Å². The van der Waals surface area contributed by atoms with Crippen LogP contribution in [-0.2, 0) is 9.63 Å². The first-order chi connectivity index (χ1) is 11.4. The number of amides is 1. The highest BCUT2D eigenvalue weighted by Gasteiger charge is 2.19. The van der Waals surface area contributed by atoms with Gasteiger partial charge in [0.05, 0.1) is 11.9 Å². The Labute approximate surface area is 144 Å². The zero-order chi connectivity index (χ0) is 17.7. The summed E-state index contributed by atoms with van der Waals surface area (Å²) in [5, 5.41) is 5.77. The second-order valence-electron chi connectivity index (χ2n) is 4.75. The first-order valence-corrected chi connectivity index (χ1v) is 7.57. The molecule has 1 N–H and O–H groups in total. The lowest BCUT2D eigenvalue weighted by molar-refractivity contribution is -0.126. The molecular formula is C16H12BrF3N2O2. The van der Waals surface area contributed by atoms with E-state index in [1.54, 1.807) is 12.1 Å². The van der Waals surface area contributed by atoms with Crippen molar-refractivity contribution in [3.8, 4) is 0 Å². The molecule has 0 saturated heterocycles. The molecule has 2 rings (SSSR count). The minimum atomic E-state index is -1.66. The molecule has 0 aliphatic rings. The van der Waals surface area contributed by atoms with Gasteiger partial charge in [-0.3, -0.25) is 4.79 Å². The summed E-state index contributed by atoms with van der Waals surface area (Å²) in [5.74, 6) is -5.23. The molecule has 0 radical (unpaired) electrons. The summed E-state index contributed by atoms with van der Waals surface area (Å²) in [6.45, 7) is 1.38. The zero-order valence-electron chi connectivity index (χ0n) is 12.4. The van der Waals surface area contributed by atoms with Crippen molar-refractivity contribution in [3.05, 3.63) is 63.9 Å². The predicted molar refractivity (Wildman–Crippen MR) is 87.2 cm³/mol. The van der Waals surface area contributed by atoms with Crippen molar-refractivity contribution in [2.45, 2.75) is 13.0 Å². The van der Waals surface area contributed by atoms with Gasteiger partial charge in [0.2, 0.25) is 6.10 Å². The Bertz CT molecular complexity index is 767. The first-order valence-electron chi connectivity index (χ1n) is 6.77. The minimum Gasteiger partial charge on any atom is -0.383 e. The maximum atomic E-state index is 13.5. The van der Waals surface area contributed by atoms with Crippen LogP contribution < -0.4 is 5.32 Å². The summed E-state index contributed by atoms with van der Waals surface area (Å²) in [6.07, 6.45) is 0.332. The number of carbonyl (C=O) groups excluding carboxylic acids is 1. The Morgan fingerprint density at radius 1 is 1.17 bits per heavy atom. The SMILES string of the molecule is C[C@@H](O/N=C\c1ccc(Br)cc1)C(=O)Nc1ccc(F)c(F)c1F. The van der Waals surface area contributed by atoms with E-state index < -0.39 is 35.2 Å². The predicted octanol–water partition coefficient (Wildman–Crippen LogP) is 4.24. The average Bonchev–Trinajstić information content (AvgIpc) is 2.57. The molecular weight excluding hydrogens is 389 g/mol. The second kappa shape index (κ2) is 7.96. The summed E-state index contributed by atoms with van der Waals surface area (Å²) >= 11 is 3.29. The highest BCUT2D eigenvalue weighted by Crippen LogP contribution is 2.20. The summed E-state index contributed by atoms with van der Waals surface area (Å²) in [7, 11) is 0. The molecule has 0 aliphatic carbocycles. The Morgan fingerprint density at radius 2 is 1.83 bits per heavy atom. The molecule has 0 unspecified atom stereocenters. The molecule has 0 bridgehead atoms. The Kier molecular flexibility index (Phi) is 5.97. The van der Waals surface area contributed by atoms with Crippen LogP contribution in [0.25, 0.3) is 0 Å². The smallest absolute Gasteiger partial charge is 0.268 e. The van der Waals surface area contributed by atoms with Crippen LogP contribution in [0.4, 0.5) is 18.9 Å². The minimum absolute atomic E-state index is 0.480. The summed E-state index contributed by atoms with van der Waals surface area (Å²) in [6, 6.07) is 8.80. The van der Waals surface area contributed by atoms with E-state index in [1.807, 2.05) is 12.1 Å². The van der Waals surface area contributed by atoms with Crippen LogP contribution in [-0.4, -0.2) is 18.2 Å². The Morgan fingerprint density at radius 3 is 2.50 bits per heavy atom. The number of benzene rings is 2. The van der Waals surface area contributed by atoms with Crippen molar-refractivity contribution >= 4 is 33.7 Å². The van der Waals surface area contributed by atoms with Gasteiger partial charge in [0.1, 0.15) is 0 Å². The molecule has 0 spiro atoms. The molecule has 1 amide bonds. The topological polar surface area (TPSA) is 50.7 Å². The molecule has 24 heavy (non-hydrogen) atoms. The highest BCUT2D eigenvalue weighted by molar-refractivity contribution is 9.10. The van der Waals surface area contributed by atoms with Gasteiger partial charge in [-0.15, -0.1) is 0 Å². The van der Waals surface area contributed by atoms with Gasteiger partial charge < -0.3 is 10.2 Å². The molecule has 0 heterocycles. The summed E-state index contributed by atoms with van der Waals surface area (Å²) in [4.78, 5) is 16.8. The standard InChI is InChI=1S/C16H12BrF3N2O2/c1-9(24-21-8-10-2-4-11(17)5-3-10)16(23)22-13-7-6-12(18)14(19)15(13)20/h2-9H,1H3,(H,22,23)/b21-8-/t9-/m1/s1. The van der Waals surface area contributed by atoms with Crippen LogP contribution in [0.15, 0.2) is 46.0 Å². The number of anilines is 1. The maximum Gasteiger partial charge on any atom is 0.268 e. The van der Waals surface area contributed by atoms with E-state index in [1.165, 1.54) is 13.1 Å². The zero-order valence-corrected chi connectivity index (χ0v) is 14.0. The fraction of sp³-hybridized carbons (Fsp3) is 0.125. The number of oxime groups is 1. The number of nitrogens with one attached hydrogen (secondary N) is 1. The van der Waals surface area contributed by atoms with Crippen LogP contribution in [0.2, 0.25) is 0 Å². The number of halogens is 4. The largest absolute Gasteiger partial charge is 0.383 e. The lowest BCUT2D eigenvalue weighted by Crippen LogP contribution is -2.27. The average molecular weight is 401 g/mol. The summed E-state index contributed by atoms with van der Waals surface area (Å²) < 4.78 is 40.3. The molecule has 0 aliphatic heterocycles.